The van der Waals surface area contributed by atoms with E-state index in [9.17, 15) is 14.0 Å². The molecule has 2 bridgehead atoms. The summed E-state index contributed by atoms with van der Waals surface area (Å²) in [6.45, 7) is 3.10. The molecule has 0 spiro atoms. The molecule has 0 amide bonds. The van der Waals surface area contributed by atoms with Crippen LogP contribution in [0, 0.1) is 11.7 Å². The Labute approximate surface area is 306 Å². The molecule has 3 atom stereocenters. The lowest BCUT2D eigenvalue weighted by molar-refractivity contribution is -0.377. The molecule has 13 heteroatoms. The number of nitrogens with zero attached hydrogens (tertiary/aromatic N) is 1. The number of methoxy groups -OCH3 is 2. The fourth-order valence-electron chi connectivity index (χ4n) is 6.57. The molecule has 3 N–H and O–H groups in total. The summed E-state index contributed by atoms with van der Waals surface area (Å²) in [7, 11) is 3.07. The second kappa shape index (κ2) is 17.3. The molecule has 3 aromatic carbocycles. The maximum atomic E-state index is 13.8. The number of rotatable bonds is 13. The number of piperidine rings is 3. The van der Waals surface area contributed by atoms with Gasteiger partial charge in [-0.05, 0) is 84.9 Å². The highest BCUT2D eigenvalue weighted by atomic mass is 35.5. The Hall–Kier alpha value is -4.26. The van der Waals surface area contributed by atoms with Gasteiger partial charge >= 0.3 is 11.9 Å². The first-order valence-corrected chi connectivity index (χ1v) is 17.3. The number of hydrogen-bond acceptors (Lipinski definition) is 9. The summed E-state index contributed by atoms with van der Waals surface area (Å²) < 4.78 is 36.7. The third-order valence-electron chi connectivity index (χ3n) is 9.42. The van der Waals surface area contributed by atoms with Crippen LogP contribution in [0.1, 0.15) is 57.6 Å². The molecule has 270 valence electrons. The first-order chi connectivity index (χ1) is 24.2. The van der Waals surface area contributed by atoms with Crippen LogP contribution in [0.15, 0.2) is 79.1 Å². The summed E-state index contributed by atoms with van der Waals surface area (Å²) in [6.07, 6.45) is 4.54. The number of ether oxygens (including phenoxy) is 4. The van der Waals surface area contributed by atoms with Gasteiger partial charge in [0.25, 0.3) is 0 Å². The average molecular weight is 741 g/mol. The number of fused-ring (bicyclic) bond motifs is 3. The van der Waals surface area contributed by atoms with Gasteiger partial charge in [-0.25, -0.2) is 19.0 Å². The number of carbonyl (C=O) groups is 2. The molecule has 1 aromatic heterocycles. The molecule has 7 rings (SSSR count). The zero-order valence-electron chi connectivity index (χ0n) is 28.2. The summed E-state index contributed by atoms with van der Waals surface area (Å²) in [6, 6.07) is 17.2. The molecule has 0 aliphatic carbocycles. The van der Waals surface area contributed by atoms with Crippen LogP contribution < -0.4 is 19.8 Å². The van der Waals surface area contributed by atoms with Crippen molar-refractivity contribution in [3.63, 3.8) is 0 Å². The second-order valence-corrected chi connectivity index (χ2v) is 13.3. The lowest BCUT2D eigenvalue weighted by atomic mass is 9.86. The Morgan fingerprint density at radius 3 is 2.18 bits per heavy atom. The van der Waals surface area contributed by atoms with E-state index >= 15 is 0 Å². The first-order valence-electron chi connectivity index (χ1n) is 16.5. The molecule has 1 unspecified atom stereocenters. The smallest absolute Gasteiger partial charge is 0.338 e. The van der Waals surface area contributed by atoms with E-state index in [2.05, 4.69) is 15.2 Å². The van der Waals surface area contributed by atoms with Gasteiger partial charge in [0.15, 0.2) is 23.9 Å². The van der Waals surface area contributed by atoms with Gasteiger partial charge in [-0.2, -0.15) is 0 Å². The number of pyridine rings is 1. The van der Waals surface area contributed by atoms with Crippen molar-refractivity contribution in [1.29, 1.82) is 0 Å². The highest BCUT2D eigenvalue weighted by Crippen LogP contribution is 2.36. The predicted molar refractivity (Wildman–Crippen MR) is 188 cm³/mol. The molecule has 3 aliphatic heterocycles. The van der Waals surface area contributed by atoms with Gasteiger partial charge in [-0.15, -0.1) is 0 Å². The number of halogens is 3. The van der Waals surface area contributed by atoms with Crippen molar-refractivity contribution in [2.24, 2.45) is 5.92 Å². The van der Waals surface area contributed by atoms with E-state index in [4.69, 9.17) is 42.1 Å². The quantitative estimate of drug-likeness (QED) is 0.155. The molecule has 4 aromatic rings. The van der Waals surface area contributed by atoms with Crippen LogP contribution in [0.25, 0.3) is 0 Å². The molecule has 0 saturated carbocycles. The average Bonchev–Trinajstić information content (AvgIpc) is 3.14. The summed E-state index contributed by atoms with van der Waals surface area (Å²) in [5, 5.41) is 4.10. The van der Waals surface area contributed by atoms with Crippen molar-refractivity contribution < 1.29 is 43.4 Å². The van der Waals surface area contributed by atoms with Crippen LogP contribution >= 0.6 is 23.2 Å². The van der Waals surface area contributed by atoms with Crippen molar-refractivity contribution in [3.05, 3.63) is 123 Å². The van der Waals surface area contributed by atoms with E-state index in [0.29, 0.717) is 56.3 Å². The fourth-order valence-corrected chi connectivity index (χ4v) is 7.10. The largest absolute Gasteiger partial charge is 0.870 e. The summed E-state index contributed by atoms with van der Waals surface area (Å²) >= 11 is 12.9. The fraction of sp³-hybridized carbons (Fsp3) is 0.342. The molecule has 3 fully saturated rings. The zero-order chi connectivity index (χ0) is 35.2. The number of benzene rings is 3. The van der Waals surface area contributed by atoms with Crippen LogP contribution in [0.2, 0.25) is 10.0 Å². The monoisotopic (exact) mass is 739 g/mol. The molecule has 3 aliphatic rings. The highest BCUT2D eigenvalue weighted by Gasteiger charge is 2.38. The van der Waals surface area contributed by atoms with Gasteiger partial charge < -0.3 is 24.4 Å². The number of nitrogens with one attached hydrogen (secondary N) is 2. The van der Waals surface area contributed by atoms with Crippen molar-refractivity contribution in [1.82, 2.24) is 10.2 Å². The number of carbonyl (C=O) groups excluding carboxylic acids is 2. The summed E-state index contributed by atoms with van der Waals surface area (Å²) in [4.78, 5) is 32.3. The number of aromatic nitrogens is 1. The minimum atomic E-state index is -0.799. The summed E-state index contributed by atoms with van der Waals surface area (Å²) in [5.74, 6) is 0.0367. The Bertz CT molecular complexity index is 1780. The van der Waals surface area contributed by atoms with Gasteiger partial charge in [0, 0.05) is 25.1 Å². The Morgan fingerprint density at radius 1 is 0.922 bits per heavy atom. The van der Waals surface area contributed by atoms with Crippen molar-refractivity contribution >= 4 is 35.1 Å². The topological polar surface area (TPSA) is 130 Å². The van der Waals surface area contributed by atoms with Crippen LogP contribution in [-0.2, 0) is 27.2 Å². The Balaban J connectivity index is 0.00000504. The van der Waals surface area contributed by atoms with Gasteiger partial charge in [-0.1, -0.05) is 53.5 Å². The SMILES string of the molecule is COc1ccc([C@H](Cc2c(Cl)c[nH+]cc2Cl)OC(=O)c2ccc(CNC(C(=O)O[C@H]3CN4CCC3CC4)c3ccc(F)cc3)cc2)cc1OC.[OH-]. The van der Waals surface area contributed by atoms with Crippen LogP contribution in [-0.4, -0.2) is 62.3 Å². The second-order valence-electron chi connectivity index (χ2n) is 12.5. The Kier molecular flexibility index (Phi) is 12.9. The van der Waals surface area contributed by atoms with E-state index in [1.54, 1.807) is 74.1 Å². The normalized spacial score (nSPS) is 19.0. The standard InChI is InChI=1S/C38H38Cl2FN3O6.H2O/c1-47-32-12-9-27(17-34(32)48-2)33(18-29-30(39)20-42-21-31(29)40)49-37(45)26-5-3-23(4-6-26)19-43-36(25-7-10-28(41)11-8-25)38(46)50-35-22-44-15-13-24(35)14-16-44;/h3-12,17,20-21,24,33,35-36,43H,13-16,18-19,22H2,1-2H3;1H2/t33-,35-,36?;/m0./s1. The van der Waals surface area contributed by atoms with E-state index in [-0.39, 0.29) is 23.8 Å². The summed E-state index contributed by atoms with van der Waals surface area (Å²) in [5.41, 5.74) is 3.03. The van der Waals surface area contributed by atoms with Crippen LogP contribution in [0.5, 0.6) is 11.5 Å². The van der Waals surface area contributed by atoms with Gasteiger partial charge in [0.1, 0.15) is 34.1 Å². The maximum Gasteiger partial charge on any atom is 0.338 e. The molecule has 3 saturated heterocycles. The minimum Gasteiger partial charge on any atom is -0.870 e. The molecular weight excluding hydrogens is 700 g/mol. The van der Waals surface area contributed by atoms with Crippen molar-refractivity contribution in [3.8, 4) is 11.5 Å². The third kappa shape index (κ3) is 9.16. The third-order valence-corrected chi connectivity index (χ3v) is 10.1. The molecule has 0 radical (unpaired) electrons. The van der Waals surface area contributed by atoms with Gasteiger partial charge in [0.05, 0.1) is 19.8 Å². The Morgan fingerprint density at radius 2 is 1.57 bits per heavy atom. The highest BCUT2D eigenvalue weighted by molar-refractivity contribution is 6.35. The van der Waals surface area contributed by atoms with Crippen molar-refractivity contribution in [2.45, 2.75) is 44.1 Å². The van der Waals surface area contributed by atoms with E-state index in [0.717, 1.165) is 38.0 Å². The number of aromatic amines is 1. The number of H-pyrrole nitrogens is 1. The van der Waals surface area contributed by atoms with Crippen LogP contribution in [0.3, 0.4) is 0 Å². The first kappa shape index (κ1) is 38.0. The number of esters is 2. The van der Waals surface area contributed by atoms with E-state index in [1.807, 2.05) is 0 Å². The molecule has 51 heavy (non-hydrogen) atoms. The van der Waals surface area contributed by atoms with E-state index in [1.165, 1.54) is 19.2 Å². The lowest BCUT2D eigenvalue weighted by Crippen LogP contribution is -2.52. The zero-order valence-corrected chi connectivity index (χ0v) is 29.8. The molecule has 4 heterocycles. The molecular formula is C38H40Cl2FN3O7. The predicted octanol–water partition coefficient (Wildman–Crippen LogP) is 6.40. The molecule has 10 nitrogen and oxygen atoms in total. The lowest BCUT2D eigenvalue weighted by Gasteiger charge is -2.44. The van der Waals surface area contributed by atoms with Crippen molar-refractivity contribution in [2.75, 3.05) is 33.9 Å². The maximum absolute atomic E-state index is 13.8. The number of hydrogen-bond donors (Lipinski definition) is 1. The van der Waals surface area contributed by atoms with Gasteiger partial charge in [-0.3, -0.25) is 10.2 Å². The minimum absolute atomic E-state index is 0. The van der Waals surface area contributed by atoms with Gasteiger partial charge in [0.2, 0.25) is 0 Å². The van der Waals surface area contributed by atoms with E-state index < -0.39 is 24.1 Å². The van der Waals surface area contributed by atoms with Crippen LogP contribution in [0.4, 0.5) is 4.39 Å².